The van der Waals surface area contributed by atoms with Crippen molar-refractivity contribution in [2.75, 3.05) is 26.7 Å². The molecular weight excluding hydrogens is 444 g/mol. The molecule has 1 aliphatic carbocycles. The Labute approximate surface area is 204 Å². The summed E-state index contributed by atoms with van der Waals surface area (Å²) in [7, 11) is 1.56. The highest BCUT2D eigenvalue weighted by Gasteiger charge is 2.29. The van der Waals surface area contributed by atoms with Crippen molar-refractivity contribution in [2.45, 2.75) is 18.3 Å². The number of hydrogen-bond acceptors (Lipinski definition) is 4. The normalized spacial score (nSPS) is 12.8. The highest BCUT2D eigenvalue weighted by Crippen LogP contribution is 2.44. The molecule has 0 saturated carbocycles. The molecule has 0 radical (unpaired) electrons. The highest BCUT2D eigenvalue weighted by molar-refractivity contribution is 5.85. The van der Waals surface area contributed by atoms with E-state index in [1.165, 1.54) is 4.90 Å². The number of fused-ring (bicyclic) bond motifs is 3. The zero-order valence-corrected chi connectivity index (χ0v) is 19.5. The van der Waals surface area contributed by atoms with Crippen LogP contribution in [0.4, 0.5) is 4.79 Å². The smallest absolute Gasteiger partial charge is 0.407 e. The second kappa shape index (κ2) is 10.9. The van der Waals surface area contributed by atoms with Crippen molar-refractivity contribution in [3.8, 4) is 11.1 Å². The first kappa shape index (κ1) is 24.0. The Morgan fingerprint density at radius 2 is 1.49 bits per heavy atom. The molecule has 3 aromatic carbocycles. The van der Waals surface area contributed by atoms with Crippen LogP contribution in [0, 0.1) is 0 Å². The van der Waals surface area contributed by atoms with Crippen molar-refractivity contribution in [1.82, 2.24) is 10.2 Å². The van der Waals surface area contributed by atoms with E-state index in [-0.39, 0.29) is 37.9 Å². The van der Waals surface area contributed by atoms with Gasteiger partial charge in [0.25, 0.3) is 0 Å². The number of aliphatic carboxylic acids is 1. The summed E-state index contributed by atoms with van der Waals surface area (Å²) in [5.41, 5.74) is 5.28. The second-order valence-corrected chi connectivity index (χ2v) is 8.57. The van der Waals surface area contributed by atoms with Gasteiger partial charge >= 0.3 is 12.1 Å². The lowest BCUT2D eigenvalue weighted by Crippen LogP contribution is -2.39. The topological polar surface area (TPSA) is 95.9 Å². The van der Waals surface area contributed by atoms with Gasteiger partial charge in [0.2, 0.25) is 5.91 Å². The number of alkyl carbamates (subject to hydrolysis) is 1. The molecule has 0 heterocycles. The number of carboxylic acids is 1. The molecule has 0 fully saturated rings. The minimum atomic E-state index is -0.974. The van der Waals surface area contributed by atoms with Crippen molar-refractivity contribution >= 4 is 18.0 Å². The Morgan fingerprint density at radius 1 is 0.914 bits per heavy atom. The van der Waals surface area contributed by atoms with E-state index in [4.69, 9.17) is 9.84 Å². The van der Waals surface area contributed by atoms with Crippen LogP contribution in [0.2, 0.25) is 0 Å². The molecular formula is C28H28N2O5. The second-order valence-electron chi connectivity index (χ2n) is 8.57. The van der Waals surface area contributed by atoms with Gasteiger partial charge in [0.05, 0.1) is 12.3 Å². The molecule has 0 saturated heterocycles. The fraction of sp³-hybridized carbons (Fsp3) is 0.250. The van der Waals surface area contributed by atoms with Gasteiger partial charge in [-0.25, -0.2) is 4.79 Å². The van der Waals surface area contributed by atoms with Crippen molar-refractivity contribution in [3.05, 3.63) is 95.6 Å². The molecule has 0 aliphatic heterocycles. The Morgan fingerprint density at radius 3 is 2.09 bits per heavy atom. The van der Waals surface area contributed by atoms with Gasteiger partial charge in [-0.15, -0.1) is 0 Å². The molecule has 2 N–H and O–H groups in total. The molecule has 1 aliphatic rings. The molecule has 4 rings (SSSR count). The number of rotatable bonds is 9. The molecule has 3 aromatic rings. The Hall–Kier alpha value is -4.13. The van der Waals surface area contributed by atoms with Crippen LogP contribution in [0.15, 0.2) is 78.9 Å². The number of carbonyl (C=O) groups excluding carboxylic acids is 2. The van der Waals surface area contributed by atoms with Crippen LogP contribution in [0.1, 0.15) is 34.9 Å². The van der Waals surface area contributed by atoms with Gasteiger partial charge in [-0.2, -0.15) is 0 Å². The summed E-state index contributed by atoms with van der Waals surface area (Å²) >= 11 is 0. The van der Waals surface area contributed by atoms with Crippen molar-refractivity contribution in [3.63, 3.8) is 0 Å². The SMILES string of the molecule is CN(CCC(=O)O)C(=O)C(CNC(=O)OCC1c2ccccc2-c2ccccc21)c1ccccc1. The van der Waals surface area contributed by atoms with Gasteiger partial charge in [-0.05, 0) is 27.8 Å². The van der Waals surface area contributed by atoms with Gasteiger partial charge in [0, 0.05) is 26.1 Å². The van der Waals surface area contributed by atoms with Gasteiger partial charge in [0.15, 0.2) is 0 Å². The van der Waals surface area contributed by atoms with E-state index >= 15 is 0 Å². The molecule has 35 heavy (non-hydrogen) atoms. The number of nitrogens with one attached hydrogen (secondary N) is 1. The number of amides is 2. The van der Waals surface area contributed by atoms with Crippen LogP contribution in [-0.4, -0.2) is 54.7 Å². The number of nitrogens with zero attached hydrogens (tertiary/aromatic N) is 1. The monoisotopic (exact) mass is 472 g/mol. The van der Waals surface area contributed by atoms with Crippen molar-refractivity contribution in [1.29, 1.82) is 0 Å². The summed E-state index contributed by atoms with van der Waals surface area (Å²) < 4.78 is 5.59. The average Bonchev–Trinajstić information content (AvgIpc) is 3.20. The largest absolute Gasteiger partial charge is 0.481 e. The van der Waals surface area contributed by atoms with E-state index in [1.54, 1.807) is 7.05 Å². The third-order valence-electron chi connectivity index (χ3n) is 6.33. The standard InChI is InChI=1S/C28H28N2O5/c1-30(16-15-26(31)32)27(33)24(19-9-3-2-4-10-19)17-29-28(34)35-18-25-22-13-7-5-11-20(22)21-12-6-8-14-23(21)25/h2-14,24-25H,15-18H2,1H3,(H,29,34)(H,31,32). The van der Waals surface area contributed by atoms with E-state index in [2.05, 4.69) is 29.6 Å². The highest BCUT2D eigenvalue weighted by atomic mass is 16.5. The minimum absolute atomic E-state index is 0.0386. The maximum Gasteiger partial charge on any atom is 0.407 e. The molecule has 180 valence electrons. The van der Waals surface area contributed by atoms with Crippen molar-refractivity contribution < 1.29 is 24.2 Å². The maximum atomic E-state index is 13.1. The lowest BCUT2D eigenvalue weighted by molar-refractivity contribution is -0.138. The van der Waals surface area contributed by atoms with Crippen LogP contribution in [-0.2, 0) is 14.3 Å². The maximum absolute atomic E-state index is 13.1. The predicted molar refractivity (Wildman–Crippen MR) is 132 cm³/mol. The van der Waals surface area contributed by atoms with Gasteiger partial charge < -0.3 is 20.1 Å². The van der Waals surface area contributed by atoms with E-state index in [0.717, 1.165) is 27.8 Å². The molecule has 1 unspecified atom stereocenters. The van der Waals surface area contributed by atoms with E-state index < -0.39 is 18.0 Å². The summed E-state index contributed by atoms with van der Waals surface area (Å²) in [5, 5.41) is 11.7. The molecule has 7 heteroatoms. The summed E-state index contributed by atoms with van der Waals surface area (Å²) in [6.45, 7) is 0.307. The number of likely N-dealkylation sites (N-methyl/N-ethyl adjacent to an activating group) is 1. The number of ether oxygens (including phenoxy) is 1. The average molecular weight is 473 g/mol. The fourth-order valence-corrected chi connectivity index (χ4v) is 4.51. The molecule has 1 atom stereocenters. The number of carboxylic acid groups (broad SMARTS) is 1. The van der Waals surface area contributed by atoms with Gasteiger partial charge in [-0.1, -0.05) is 78.9 Å². The van der Waals surface area contributed by atoms with Crippen LogP contribution < -0.4 is 5.32 Å². The third-order valence-corrected chi connectivity index (χ3v) is 6.33. The van der Waals surface area contributed by atoms with Gasteiger partial charge in [0.1, 0.15) is 6.61 Å². The molecule has 7 nitrogen and oxygen atoms in total. The Kier molecular flexibility index (Phi) is 7.45. The Bertz CT molecular complexity index is 1170. The van der Waals surface area contributed by atoms with Crippen LogP contribution in [0.25, 0.3) is 11.1 Å². The Balaban J connectivity index is 1.40. The van der Waals surface area contributed by atoms with Crippen molar-refractivity contribution in [2.24, 2.45) is 0 Å². The van der Waals surface area contributed by atoms with Gasteiger partial charge in [-0.3, -0.25) is 9.59 Å². The number of hydrogen-bond donors (Lipinski definition) is 2. The van der Waals surface area contributed by atoms with E-state index in [9.17, 15) is 14.4 Å². The number of benzene rings is 3. The lowest BCUT2D eigenvalue weighted by atomic mass is 9.97. The quantitative estimate of drug-likeness (QED) is 0.486. The molecule has 0 spiro atoms. The number of carbonyl (C=O) groups is 3. The first-order valence-electron chi connectivity index (χ1n) is 11.6. The fourth-order valence-electron chi connectivity index (χ4n) is 4.51. The summed E-state index contributed by atoms with van der Waals surface area (Å²) in [4.78, 5) is 38.0. The third kappa shape index (κ3) is 5.51. The van der Waals surface area contributed by atoms with E-state index in [0.29, 0.717) is 0 Å². The molecule has 0 aromatic heterocycles. The van der Waals surface area contributed by atoms with Crippen LogP contribution in [0.3, 0.4) is 0 Å². The zero-order valence-electron chi connectivity index (χ0n) is 19.5. The van der Waals surface area contributed by atoms with Crippen LogP contribution >= 0.6 is 0 Å². The lowest BCUT2D eigenvalue weighted by Gasteiger charge is -2.24. The molecule has 0 bridgehead atoms. The predicted octanol–water partition coefficient (Wildman–Crippen LogP) is 4.24. The zero-order chi connectivity index (χ0) is 24.8. The first-order chi connectivity index (χ1) is 17.0. The van der Waals surface area contributed by atoms with Crippen LogP contribution in [0.5, 0.6) is 0 Å². The first-order valence-corrected chi connectivity index (χ1v) is 11.6. The van der Waals surface area contributed by atoms with E-state index in [1.807, 2.05) is 54.6 Å². The summed E-state index contributed by atoms with van der Waals surface area (Å²) in [6, 6.07) is 25.3. The summed E-state index contributed by atoms with van der Waals surface area (Å²) in [6.07, 6.45) is -0.752. The summed E-state index contributed by atoms with van der Waals surface area (Å²) in [5.74, 6) is -1.95. The molecule has 2 amide bonds. The minimum Gasteiger partial charge on any atom is -0.481 e.